The van der Waals surface area contributed by atoms with Crippen molar-refractivity contribution in [1.29, 1.82) is 0 Å². The summed E-state index contributed by atoms with van der Waals surface area (Å²) in [5.74, 6) is 0.0839. The summed E-state index contributed by atoms with van der Waals surface area (Å²) in [4.78, 5) is 12.5. The molecule has 0 aliphatic heterocycles. The van der Waals surface area contributed by atoms with Gasteiger partial charge in [0.15, 0.2) is 5.82 Å². The second-order valence-corrected chi connectivity index (χ2v) is 4.10. The Morgan fingerprint density at radius 1 is 1.11 bits per heavy atom. The molecule has 3 nitrogen and oxygen atoms in total. The number of halogens is 3. The number of benzene rings is 1. The maximum absolute atomic E-state index is 13.2. The Bertz CT molecular complexity index is 720. The largest absolute Gasteiger partial charge is 0.264 e. The van der Waals surface area contributed by atoms with Crippen molar-refractivity contribution in [2.45, 2.75) is 0 Å². The van der Waals surface area contributed by atoms with E-state index in [0.29, 0.717) is 21.9 Å². The van der Waals surface area contributed by atoms with Gasteiger partial charge in [-0.1, -0.05) is 11.6 Å². The fraction of sp³-hybridized carbons (Fsp3) is 0. The Balaban J connectivity index is 0.00000133. The van der Waals surface area contributed by atoms with Crippen molar-refractivity contribution in [2.75, 3.05) is 0 Å². The van der Waals surface area contributed by atoms with E-state index in [1.165, 1.54) is 12.1 Å². The first kappa shape index (κ1) is 13.6. The van der Waals surface area contributed by atoms with Crippen molar-refractivity contribution in [3.63, 3.8) is 0 Å². The van der Waals surface area contributed by atoms with Gasteiger partial charge in [0.25, 0.3) is 0 Å². The van der Waals surface area contributed by atoms with Gasteiger partial charge in [-0.05, 0) is 24.3 Å². The lowest BCUT2D eigenvalue weighted by molar-refractivity contribution is 0.629. The van der Waals surface area contributed by atoms with Crippen molar-refractivity contribution >= 4 is 34.9 Å². The highest BCUT2D eigenvalue weighted by Crippen LogP contribution is 2.24. The Hall–Kier alpha value is -1.78. The normalized spacial score (nSPS) is 10.2. The van der Waals surface area contributed by atoms with E-state index in [2.05, 4.69) is 15.0 Å². The monoisotopic (exact) mass is 295 g/mol. The predicted octanol–water partition coefficient (Wildman–Crippen LogP) is 3.91. The van der Waals surface area contributed by atoms with Crippen LogP contribution in [0.25, 0.3) is 22.3 Å². The summed E-state index contributed by atoms with van der Waals surface area (Å²) in [6, 6.07) is 7.84. The molecule has 19 heavy (non-hydrogen) atoms. The summed E-state index contributed by atoms with van der Waals surface area (Å²) in [5.41, 5.74) is 1.22. The Kier molecular flexibility index (Phi) is 3.93. The summed E-state index contributed by atoms with van der Waals surface area (Å²) in [7, 11) is 0. The van der Waals surface area contributed by atoms with Crippen LogP contribution >= 0.6 is 24.0 Å². The van der Waals surface area contributed by atoms with Crippen LogP contribution in [0.4, 0.5) is 4.39 Å². The summed E-state index contributed by atoms with van der Waals surface area (Å²) in [6.07, 6.45) is 3.29. The molecule has 0 N–H and O–H groups in total. The second kappa shape index (κ2) is 5.47. The van der Waals surface area contributed by atoms with Crippen LogP contribution in [-0.2, 0) is 0 Å². The summed E-state index contributed by atoms with van der Waals surface area (Å²) in [6.45, 7) is 0. The molecule has 0 atom stereocenters. The molecule has 0 fully saturated rings. The number of pyridine rings is 1. The molecule has 3 aromatic rings. The lowest BCUT2D eigenvalue weighted by Crippen LogP contribution is -1.92. The number of rotatable bonds is 1. The van der Waals surface area contributed by atoms with Gasteiger partial charge in [-0.3, -0.25) is 4.98 Å². The van der Waals surface area contributed by atoms with E-state index in [4.69, 9.17) is 11.6 Å². The number of fused-ring (bicyclic) bond motifs is 1. The van der Waals surface area contributed by atoms with Crippen LogP contribution in [-0.4, -0.2) is 15.0 Å². The zero-order chi connectivity index (χ0) is 12.5. The van der Waals surface area contributed by atoms with E-state index in [0.717, 1.165) is 5.56 Å². The van der Waals surface area contributed by atoms with Crippen molar-refractivity contribution in [2.24, 2.45) is 0 Å². The first-order valence-corrected chi connectivity index (χ1v) is 5.65. The SMILES string of the molecule is Cl.Fc1ccc2c(Cl)nc(-c3cccnc3)nc2c1. The highest BCUT2D eigenvalue weighted by molar-refractivity contribution is 6.34. The lowest BCUT2D eigenvalue weighted by atomic mass is 10.2. The van der Waals surface area contributed by atoms with Gasteiger partial charge in [-0.2, -0.15) is 0 Å². The fourth-order valence-electron chi connectivity index (χ4n) is 1.69. The van der Waals surface area contributed by atoms with Gasteiger partial charge < -0.3 is 0 Å². The smallest absolute Gasteiger partial charge is 0.163 e. The highest BCUT2D eigenvalue weighted by Gasteiger charge is 2.08. The van der Waals surface area contributed by atoms with E-state index in [9.17, 15) is 4.39 Å². The Labute approximate surface area is 119 Å². The molecule has 0 saturated heterocycles. The minimum Gasteiger partial charge on any atom is -0.264 e. The topological polar surface area (TPSA) is 38.7 Å². The van der Waals surface area contributed by atoms with Gasteiger partial charge in [0, 0.05) is 29.4 Å². The number of hydrogen-bond donors (Lipinski definition) is 0. The molecule has 1 aromatic carbocycles. The van der Waals surface area contributed by atoms with Crippen molar-refractivity contribution in [1.82, 2.24) is 15.0 Å². The van der Waals surface area contributed by atoms with Gasteiger partial charge in [0.05, 0.1) is 5.52 Å². The molecule has 3 rings (SSSR count). The quantitative estimate of drug-likeness (QED) is 0.639. The predicted molar refractivity (Wildman–Crippen MR) is 75.0 cm³/mol. The minimum absolute atomic E-state index is 0. The third-order valence-corrected chi connectivity index (χ3v) is 2.82. The maximum atomic E-state index is 13.2. The maximum Gasteiger partial charge on any atom is 0.163 e. The van der Waals surface area contributed by atoms with Gasteiger partial charge >= 0.3 is 0 Å². The van der Waals surface area contributed by atoms with E-state index in [-0.39, 0.29) is 18.2 Å². The summed E-state index contributed by atoms with van der Waals surface area (Å²) >= 11 is 6.07. The third-order valence-electron chi connectivity index (χ3n) is 2.53. The average Bonchev–Trinajstić information content (AvgIpc) is 2.39. The Morgan fingerprint density at radius 2 is 1.95 bits per heavy atom. The van der Waals surface area contributed by atoms with Crippen molar-refractivity contribution in [3.05, 3.63) is 53.7 Å². The van der Waals surface area contributed by atoms with Crippen LogP contribution in [0.2, 0.25) is 5.15 Å². The molecule has 2 aromatic heterocycles. The zero-order valence-corrected chi connectivity index (χ0v) is 11.1. The molecule has 6 heteroatoms. The third kappa shape index (κ3) is 2.64. The molecule has 0 amide bonds. The molecule has 0 radical (unpaired) electrons. The van der Waals surface area contributed by atoms with Gasteiger partial charge in [-0.25, -0.2) is 14.4 Å². The zero-order valence-electron chi connectivity index (χ0n) is 9.55. The first-order valence-electron chi connectivity index (χ1n) is 5.27. The van der Waals surface area contributed by atoms with Crippen LogP contribution in [0.3, 0.4) is 0 Å². The van der Waals surface area contributed by atoms with Crippen LogP contribution in [0.1, 0.15) is 0 Å². The van der Waals surface area contributed by atoms with Crippen LogP contribution in [0, 0.1) is 5.82 Å². The molecule has 0 aliphatic rings. The van der Waals surface area contributed by atoms with Crippen molar-refractivity contribution in [3.8, 4) is 11.4 Å². The molecule has 0 spiro atoms. The van der Waals surface area contributed by atoms with E-state index >= 15 is 0 Å². The number of hydrogen-bond acceptors (Lipinski definition) is 3. The van der Waals surface area contributed by atoms with Crippen molar-refractivity contribution < 1.29 is 4.39 Å². The minimum atomic E-state index is -0.352. The van der Waals surface area contributed by atoms with Gasteiger partial charge in [0.1, 0.15) is 11.0 Å². The van der Waals surface area contributed by atoms with E-state index in [1.54, 1.807) is 24.5 Å². The summed E-state index contributed by atoms with van der Waals surface area (Å²) < 4.78 is 13.2. The number of nitrogens with zero attached hydrogens (tertiary/aromatic N) is 3. The number of aromatic nitrogens is 3. The highest BCUT2D eigenvalue weighted by atomic mass is 35.5. The summed E-state index contributed by atoms with van der Waals surface area (Å²) in [5, 5.41) is 0.935. The molecule has 96 valence electrons. The first-order chi connectivity index (χ1) is 8.74. The lowest BCUT2D eigenvalue weighted by Gasteiger charge is -2.04. The Morgan fingerprint density at radius 3 is 2.68 bits per heavy atom. The molecule has 0 unspecified atom stereocenters. The molecule has 0 saturated carbocycles. The molecule has 0 bridgehead atoms. The second-order valence-electron chi connectivity index (χ2n) is 3.74. The van der Waals surface area contributed by atoms with E-state index < -0.39 is 0 Å². The fourth-order valence-corrected chi connectivity index (χ4v) is 1.93. The van der Waals surface area contributed by atoms with Crippen LogP contribution in [0.5, 0.6) is 0 Å². The standard InChI is InChI=1S/C13H7ClFN3.ClH/c14-12-10-4-3-9(15)6-11(10)17-13(18-12)8-2-1-5-16-7-8;/h1-7H;1H. The van der Waals surface area contributed by atoms with Crippen LogP contribution < -0.4 is 0 Å². The average molecular weight is 296 g/mol. The molecular weight excluding hydrogens is 288 g/mol. The molecule has 2 heterocycles. The van der Waals surface area contributed by atoms with Crippen LogP contribution in [0.15, 0.2) is 42.7 Å². The molecule has 0 aliphatic carbocycles. The van der Waals surface area contributed by atoms with Gasteiger partial charge in [0.2, 0.25) is 0 Å². The molecular formula is C13H8Cl2FN3. The van der Waals surface area contributed by atoms with E-state index in [1.807, 2.05) is 6.07 Å². The van der Waals surface area contributed by atoms with Gasteiger partial charge in [-0.15, -0.1) is 12.4 Å².